The molecule has 0 spiro atoms. The lowest BCUT2D eigenvalue weighted by Gasteiger charge is -2.29. The molecule has 1 N–H and O–H groups in total. The zero-order valence-electron chi connectivity index (χ0n) is 13.2. The summed E-state index contributed by atoms with van der Waals surface area (Å²) in [6.07, 6.45) is 2.30. The van der Waals surface area contributed by atoms with E-state index < -0.39 is 5.97 Å². The van der Waals surface area contributed by atoms with E-state index in [1.807, 2.05) is 12.1 Å². The number of hydrogen-bond acceptors (Lipinski definition) is 5. The molecule has 6 nitrogen and oxygen atoms in total. The van der Waals surface area contributed by atoms with Gasteiger partial charge in [-0.2, -0.15) is 0 Å². The minimum atomic E-state index is -0.961. The Hall–Kier alpha value is -2.47. The Morgan fingerprint density at radius 3 is 2.61 bits per heavy atom. The summed E-state index contributed by atoms with van der Waals surface area (Å²) in [5, 5.41) is 9.16. The molecule has 3 rings (SSSR count). The minimum absolute atomic E-state index is 0.225. The lowest BCUT2D eigenvalue weighted by Crippen LogP contribution is -2.30. The molecule has 0 saturated heterocycles. The molecule has 1 aliphatic heterocycles. The molecule has 0 fully saturated rings. The van der Waals surface area contributed by atoms with E-state index in [4.69, 9.17) is 19.0 Å². The molecule has 23 heavy (non-hydrogen) atoms. The zero-order chi connectivity index (χ0) is 16.4. The number of carboxylic acids is 1. The van der Waals surface area contributed by atoms with Crippen LogP contribution in [0.1, 0.15) is 27.2 Å². The quantitative estimate of drug-likeness (QED) is 0.914. The van der Waals surface area contributed by atoms with Crippen LogP contribution in [-0.2, 0) is 19.5 Å². The third-order valence-electron chi connectivity index (χ3n) is 4.14. The molecule has 1 aliphatic rings. The van der Waals surface area contributed by atoms with E-state index in [9.17, 15) is 4.79 Å². The molecule has 6 heteroatoms. The Balaban J connectivity index is 1.80. The topological polar surface area (TPSA) is 72.1 Å². The van der Waals surface area contributed by atoms with Crippen molar-refractivity contribution >= 4 is 5.97 Å². The smallest absolute Gasteiger partial charge is 0.339 e. The lowest BCUT2D eigenvalue weighted by molar-refractivity contribution is 0.0692. The van der Waals surface area contributed by atoms with Gasteiger partial charge < -0.3 is 19.0 Å². The van der Waals surface area contributed by atoms with Gasteiger partial charge in [0.05, 0.1) is 27.0 Å². The monoisotopic (exact) mass is 317 g/mol. The number of aromatic carboxylic acids is 1. The Morgan fingerprint density at radius 1 is 1.26 bits per heavy atom. The van der Waals surface area contributed by atoms with Crippen LogP contribution < -0.4 is 9.47 Å². The van der Waals surface area contributed by atoms with Crippen LogP contribution in [0.3, 0.4) is 0 Å². The number of furan rings is 1. The van der Waals surface area contributed by atoms with Gasteiger partial charge >= 0.3 is 5.97 Å². The molecular formula is C17H19NO5. The van der Waals surface area contributed by atoms with Crippen molar-refractivity contribution < 1.29 is 23.8 Å². The highest BCUT2D eigenvalue weighted by atomic mass is 16.5. The first kappa shape index (κ1) is 15.4. The van der Waals surface area contributed by atoms with Crippen LogP contribution >= 0.6 is 0 Å². The molecule has 2 aromatic rings. The Kier molecular flexibility index (Phi) is 4.25. The van der Waals surface area contributed by atoms with Crippen LogP contribution in [0.25, 0.3) is 0 Å². The van der Waals surface area contributed by atoms with Gasteiger partial charge in [0.2, 0.25) is 0 Å². The van der Waals surface area contributed by atoms with Gasteiger partial charge in [-0.05, 0) is 35.7 Å². The fraction of sp³-hybridized carbons (Fsp3) is 0.353. The van der Waals surface area contributed by atoms with Gasteiger partial charge in [-0.25, -0.2) is 4.79 Å². The van der Waals surface area contributed by atoms with Crippen LogP contribution in [0.2, 0.25) is 0 Å². The van der Waals surface area contributed by atoms with Gasteiger partial charge in [-0.3, -0.25) is 4.90 Å². The van der Waals surface area contributed by atoms with Crippen molar-refractivity contribution in [3.8, 4) is 11.5 Å². The van der Waals surface area contributed by atoms with Crippen LogP contribution in [0.4, 0.5) is 0 Å². The first-order valence-corrected chi connectivity index (χ1v) is 7.38. The minimum Gasteiger partial charge on any atom is -0.493 e. The molecule has 0 bridgehead atoms. The number of rotatable bonds is 5. The van der Waals surface area contributed by atoms with Crippen molar-refractivity contribution in [2.45, 2.75) is 19.5 Å². The molecule has 1 aromatic carbocycles. The maximum Gasteiger partial charge on any atom is 0.339 e. The van der Waals surface area contributed by atoms with Gasteiger partial charge in [0.25, 0.3) is 0 Å². The summed E-state index contributed by atoms with van der Waals surface area (Å²) in [7, 11) is 3.25. The van der Waals surface area contributed by atoms with Gasteiger partial charge in [0, 0.05) is 13.1 Å². The normalized spacial score (nSPS) is 14.3. The van der Waals surface area contributed by atoms with Crippen LogP contribution in [0.15, 0.2) is 28.9 Å². The van der Waals surface area contributed by atoms with Gasteiger partial charge in [-0.1, -0.05) is 0 Å². The molecule has 0 amide bonds. The second kappa shape index (κ2) is 6.34. The predicted molar refractivity (Wildman–Crippen MR) is 83.0 cm³/mol. The summed E-state index contributed by atoms with van der Waals surface area (Å²) in [5.74, 6) is 0.968. The standard InChI is InChI=1S/C17H19NO5/c1-21-14-7-11-3-5-18(9-12(11)8-15(14)22-2)10-16-13(17(19)20)4-6-23-16/h4,6-8H,3,5,9-10H2,1-2H3,(H,19,20). The number of methoxy groups -OCH3 is 2. The molecule has 0 aliphatic carbocycles. The third-order valence-corrected chi connectivity index (χ3v) is 4.14. The largest absolute Gasteiger partial charge is 0.493 e. The van der Waals surface area contributed by atoms with Crippen molar-refractivity contribution in [2.75, 3.05) is 20.8 Å². The number of benzene rings is 1. The Morgan fingerprint density at radius 2 is 1.96 bits per heavy atom. The number of fused-ring (bicyclic) bond motifs is 1. The van der Waals surface area contributed by atoms with E-state index in [1.165, 1.54) is 17.9 Å². The Bertz CT molecular complexity index is 722. The summed E-state index contributed by atoms with van der Waals surface area (Å²) >= 11 is 0. The van der Waals surface area contributed by atoms with E-state index >= 15 is 0 Å². The van der Waals surface area contributed by atoms with Gasteiger partial charge in [-0.15, -0.1) is 0 Å². The maximum absolute atomic E-state index is 11.2. The van der Waals surface area contributed by atoms with Crippen molar-refractivity contribution in [2.24, 2.45) is 0 Å². The molecule has 0 unspecified atom stereocenters. The fourth-order valence-corrected chi connectivity index (χ4v) is 2.93. The molecular weight excluding hydrogens is 298 g/mol. The summed E-state index contributed by atoms with van der Waals surface area (Å²) in [5.41, 5.74) is 2.62. The van der Waals surface area contributed by atoms with Gasteiger partial charge in [0.15, 0.2) is 11.5 Å². The highest BCUT2D eigenvalue weighted by Gasteiger charge is 2.22. The maximum atomic E-state index is 11.2. The number of hydrogen-bond donors (Lipinski definition) is 1. The SMILES string of the molecule is COc1cc2c(cc1OC)CN(Cc1occc1C(=O)O)CC2. The van der Waals surface area contributed by atoms with Crippen LogP contribution in [0.5, 0.6) is 11.5 Å². The predicted octanol–water partition coefficient (Wildman–Crippen LogP) is 2.55. The van der Waals surface area contributed by atoms with Crippen molar-refractivity contribution in [3.05, 3.63) is 46.9 Å². The summed E-state index contributed by atoms with van der Waals surface area (Å²) in [6.45, 7) is 2.03. The molecule has 0 atom stereocenters. The first-order valence-electron chi connectivity index (χ1n) is 7.38. The van der Waals surface area contributed by atoms with E-state index in [1.54, 1.807) is 14.2 Å². The van der Waals surface area contributed by atoms with E-state index in [0.29, 0.717) is 18.1 Å². The summed E-state index contributed by atoms with van der Waals surface area (Å²) in [6, 6.07) is 5.49. The summed E-state index contributed by atoms with van der Waals surface area (Å²) in [4.78, 5) is 13.3. The van der Waals surface area contributed by atoms with Crippen LogP contribution in [-0.4, -0.2) is 36.7 Å². The van der Waals surface area contributed by atoms with Crippen LogP contribution in [0, 0.1) is 0 Å². The fourth-order valence-electron chi connectivity index (χ4n) is 2.93. The average molecular weight is 317 g/mol. The van der Waals surface area contributed by atoms with E-state index in [0.717, 1.165) is 30.8 Å². The second-order valence-corrected chi connectivity index (χ2v) is 5.50. The van der Waals surface area contributed by atoms with Crippen molar-refractivity contribution in [3.63, 3.8) is 0 Å². The molecule has 122 valence electrons. The summed E-state index contributed by atoms with van der Waals surface area (Å²) < 4.78 is 16.0. The molecule has 0 radical (unpaired) electrons. The second-order valence-electron chi connectivity index (χ2n) is 5.50. The third kappa shape index (κ3) is 3.03. The van der Waals surface area contributed by atoms with Crippen molar-refractivity contribution in [1.29, 1.82) is 0 Å². The number of nitrogens with zero attached hydrogens (tertiary/aromatic N) is 1. The molecule has 0 saturated carbocycles. The first-order chi connectivity index (χ1) is 11.1. The highest BCUT2D eigenvalue weighted by molar-refractivity contribution is 5.88. The van der Waals surface area contributed by atoms with E-state index in [2.05, 4.69) is 4.90 Å². The Labute approximate surface area is 134 Å². The van der Waals surface area contributed by atoms with Crippen molar-refractivity contribution in [1.82, 2.24) is 4.90 Å². The number of carbonyl (C=O) groups is 1. The number of carboxylic acid groups (broad SMARTS) is 1. The number of ether oxygens (including phenoxy) is 2. The van der Waals surface area contributed by atoms with Gasteiger partial charge in [0.1, 0.15) is 11.3 Å². The lowest BCUT2D eigenvalue weighted by atomic mass is 9.98. The molecule has 2 heterocycles. The highest BCUT2D eigenvalue weighted by Crippen LogP contribution is 2.33. The zero-order valence-corrected chi connectivity index (χ0v) is 13.2. The average Bonchev–Trinajstić information content (AvgIpc) is 3.01. The van der Waals surface area contributed by atoms with E-state index in [-0.39, 0.29) is 5.56 Å². The molecule has 1 aromatic heterocycles.